The Morgan fingerprint density at radius 1 is 1.07 bits per heavy atom. The highest BCUT2D eigenvalue weighted by Crippen LogP contribution is 2.30. The summed E-state index contributed by atoms with van der Waals surface area (Å²) >= 11 is 1.11. The number of fused-ring (bicyclic) bond motifs is 1. The molecule has 0 fully saturated rings. The van der Waals surface area contributed by atoms with E-state index in [1.54, 1.807) is 14.0 Å². The first-order chi connectivity index (χ1) is 13.6. The number of hydrogen-bond acceptors (Lipinski definition) is 7. The molecule has 0 aliphatic rings. The molecule has 29 heavy (non-hydrogen) atoms. The summed E-state index contributed by atoms with van der Waals surface area (Å²) in [5.41, 5.74) is 2.09. The number of nitrogens with zero attached hydrogens (tertiary/aromatic N) is 4. The number of methoxy groups -OCH3 is 1. The SMILES string of the molecule is COC(=O)[C@H](C)Sc1nc(-c2cc(C)cc(C)c2)nc2c1c(=O)n(C)c(=O)n2C. The van der Waals surface area contributed by atoms with Gasteiger partial charge in [0, 0.05) is 19.7 Å². The van der Waals surface area contributed by atoms with Gasteiger partial charge in [-0.25, -0.2) is 14.8 Å². The normalized spacial score (nSPS) is 12.2. The van der Waals surface area contributed by atoms with E-state index in [1.807, 2.05) is 32.0 Å². The number of benzene rings is 1. The highest BCUT2D eigenvalue weighted by Gasteiger charge is 2.23. The van der Waals surface area contributed by atoms with E-state index < -0.39 is 22.5 Å². The molecule has 0 unspecified atom stereocenters. The molecule has 0 amide bonds. The molecule has 1 atom stereocenters. The van der Waals surface area contributed by atoms with Crippen LogP contribution < -0.4 is 11.2 Å². The zero-order valence-corrected chi connectivity index (χ0v) is 18.0. The number of aryl methyl sites for hydroxylation is 3. The maximum Gasteiger partial charge on any atom is 0.332 e. The lowest BCUT2D eigenvalue weighted by atomic mass is 10.1. The van der Waals surface area contributed by atoms with Crippen molar-refractivity contribution >= 4 is 28.8 Å². The van der Waals surface area contributed by atoms with Crippen LogP contribution in [-0.2, 0) is 23.6 Å². The van der Waals surface area contributed by atoms with Crippen molar-refractivity contribution in [3.05, 3.63) is 50.2 Å². The van der Waals surface area contributed by atoms with Gasteiger partial charge < -0.3 is 4.74 Å². The molecule has 0 radical (unpaired) electrons. The third-order valence-corrected chi connectivity index (χ3v) is 5.63. The molecule has 1 aromatic carbocycles. The van der Waals surface area contributed by atoms with E-state index in [4.69, 9.17) is 4.74 Å². The van der Waals surface area contributed by atoms with Gasteiger partial charge in [0.05, 0.1) is 7.11 Å². The zero-order valence-electron chi connectivity index (χ0n) is 17.1. The molecule has 0 aliphatic heterocycles. The first-order valence-electron chi connectivity index (χ1n) is 8.95. The topological polar surface area (TPSA) is 96.1 Å². The van der Waals surface area contributed by atoms with E-state index in [2.05, 4.69) is 9.97 Å². The summed E-state index contributed by atoms with van der Waals surface area (Å²) < 4.78 is 7.12. The van der Waals surface area contributed by atoms with Crippen LogP contribution in [0.1, 0.15) is 18.1 Å². The Balaban J connectivity index is 2.37. The van der Waals surface area contributed by atoms with Crippen molar-refractivity contribution in [2.75, 3.05) is 7.11 Å². The van der Waals surface area contributed by atoms with Crippen molar-refractivity contribution in [3.63, 3.8) is 0 Å². The van der Waals surface area contributed by atoms with E-state index in [1.165, 1.54) is 18.7 Å². The molecule has 3 aromatic rings. The van der Waals surface area contributed by atoms with Crippen LogP contribution in [0.3, 0.4) is 0 Å². The van der Waals surface area contributed by atoms with Gasteiger partial charge in [0.15, 0.2) is 11.5 Å². The number of ether oxygens (including phenoxy) is 1. The second-order valence-electron chi connectivity index (χ2n) is 6.92. The number of thioether (sulfide) groups is 1. The lowest BCUT2D eigenvalue weighted by molar-refractivity contribution is -0.139. The van der Waals surface area contributed by atoms with E-state index in [0.29, 0.717) is 10.9 Å². The monoisotopic (exact) mass is 414 g/mol. The maximum atomic E-state index is 12.8. The van der Waals surface area contributed by atoms with Crippen LogP contribution in [0, 0.1) is 13.8 Å². The van der Waals surface area contributed by atoms with Gasteiger partial charge in [-0.15, -0.1) is 0 Å². The lowest BCUT2D eigenvalue weighted by Crippen LogP contribution is -2.37. The Kier molecular flexibility index (Phi) is 5.61. The van der Waals surface area contributed by atoms with Crippen LogP contribution in [0.2, 0.25) is 0 Å². The largest absolute Gasteiger partial charge is 0.468 e. The Bertz CT molecular complexity index is 1230. The fourth-order valence-electron chi connectivity index (χ4n) is 3.13. The molecule has 0 saturated carbocycles. The molecule has 8 nitrogen and oxygen atoms in total. The minimum atomic E-state index is -0.591. The Hall–Kier alpha value is -2.94. The number of esters is 1. The average molecular weight is 414 g/mol. The molecule has 2 aromatic heterocycles. The van der Waals surface area contributed by atoms with Crippen molar-refractivity contribution in [2.24, 2.45) is 14.1 Å². The quantitative estimate of drug-likeness (QED) is 0.366. The highest BCUT2D eigenvalue weighted by molar-refractivity contribution is 8.00. The number of hydrogen-bond donors (Lipinski definition) is 0. The van der Waals surface area contributed by atoms with Crippen molar-refractivity contribution < 1.29 is 9.53 Å². The van der Waals surface area contributed by atoms with Crippen molar-refractivity contribution in [3.8, 4) is 11.4 Å². The minimum absolute atomic E-state index is 0.198. The first-order valence-corrected chi connectivity index (χ1v) is 9.83. The summed E-state index contributed by atoms with van der Waals surface area (Å²) in [7, 11) is 4.27. The number of aromatic nitrogens is 4. The molecule has 9 heteroatoms. The Morgan fingerprint density at radius 3 is 2.28 bits per heavy atom. The summed E-state index contributed by atoms with van der Waals surface area (Å²) in [6.07, 6.45) is 0. The number of carbonyl (C=O) groups excluding carboxylic acids is 1. The lowest BCUT2D eigenvalue weighted by Gasteiger charge is -2.14. The predicted molar refractivity (Wildman–Crippen MR) is 112 cm³/mol. The van der Waals surface area contributed by atoms with Crippen LogP contribution in [0.5, 0.6) is 0 Å². The van der Waals surface area contributed by atoms with Gasteiger partial charge in [-0.3, -0.25) is 18.7 Å². The molecule has 0 N–H and O–H groups in total. The van der Waals surface area contributed by atoms with Crippen LogP contribution in [-0.4, -0.2) is 37.4 Å². The second kappa shape index (κ2) is 7.82. The molecule has 152 valence electrons. The van der Waals surface area contributed by atoms with E-state index in [9.17, 15) is 14.4 Å². The molecule has 0 saturated heterocycles. The van der Waals surface area contributed by atoms with Crippen molar-refractivity contribution in [1.82, 2.24) is 19.1 Å². The fourth-order valence-corrected chi connectivity index (χ4v) is 4.09. The van der Waals surface area contributed by atoms with Crippen LogP contribution >= 0.6 is 11.8 Å². The average Bonchev–Trinajstić information content (AvgIpc) is 2.68. The van der Waals surface area contributed by atoms with Crippen LogP contribution in [0.4, 0.5) is 0 Å². The Morgan fingerprint density at radius 2 is 1.69 bits per heavy atom. The molecule has 2 heterocycles. The van der Waals surface area contributed by atoms with Gasteiger partial charge in [0.1, 0.15) is 15.7 Å². The summed E-state index contributed by atoms with van der Waals surface area (Å²) in [5, 5.41) is -0.0612. The van der Waals surface area contributed by atoms with Crippen molar-refractivity contribution in [1.29, 1.82) is 0 Å². The third-order valence-electron chi connectivity index (χ3n) is 4.57. The van der Waals surface area contributed by atoms with Gasteiger partial charge >= 0.3 is 11.7 Å². The zero-order chi connectivity index (χ0) is 21.5. The van der Waals surface area contributed by atoms with Gasteiger partial charge in [0.25, 0.3) is 5.56 Å². The van der Waals surface area contributed by atoms with Gasteiger partial charge in [0.2, 0.25) is 0 Å². The summed E-state index contributed by atoms with van der Waals surface area (Å²) in [4.78, 5) is 46.3. The Labute approximate surface area is 171 Å². The summed E-state index contributed by atoms with van der Waals surface area (Å²) in [6.45, 7) is 5.61. The van der Waals surface area contributed by atoms with Crippen LogP contribution in [0.25, 0.3) is 22.4 Å². The van der Waals surface area contributed by atoms with E-state index in [0.717, 1.165) is 33.0 Å². The highest BCUT2D eigenvalue weighted by atomic mass is 32.2. The number of carbonyl (C=O) groups is 1. The van der Waals surface area contributed by atoms with Gasteiger partial charge in [-0.1, -0.05) is 29.0 Å². The summed E-state index contributed by atoms with van der Waals surface area (Å²) in [5.74, 6) is -0.0523. The van der Waals surface area contributed by atoms with Gasteiger partial charge in [-0.05, 0) is 32.9 Å². The predicted octanol–water partition coefficient (Wildman–Crippen LogP) is 1.96. The van der Waals surface area contributed by atoms with Gasteiger partial charge in [-0.2, -0.15) is 0 Å². The third kappa shape index (κ3) is 3.82. The minimum Gasteiger partial charge on any atom is -0.468 e. The van der Waals surface area contributed by atoms with E-state index in [-0.39, 0.29) is 11.0 Å². The number of rotatable bonds is 4. The summed E-state index contributed by atoms with van der Waals surface area (Å²) in [6, 6.07) is 5.90. The molecule has 0 spiro atoms. The fraction of sp³-hybridized carbons (Fsp3) is 0.350. The van der Waals surface area contributed by atoms with Crippen LogP contribution in [0.15, 0.2) is 32.8 Å². The molecular formula is C20H22N4O4S. The first kappa shape index (κ1) is 20.8. The molecular weight excluding hydrogens is 392 g/mol. The standard InChI is InChI=1S/C20H22N4O4S/c1-10-7-11(2)9-13(8-10)15-21-16-14(18(25)24(5)20(27)23(16)4)17(22-15)29-12(3)19(26)28-6/h7-9,12H,1-6H3/t12-/m0/s1. The van der Waals surface area contributed by atoms with E-state index >= 15 is 0 Å². The van der Waals surface area contributed by atoms with Crippen molar-refractivity contribution in [2.45, 2.75) is 31.0 Å². The molecule has 3 rings (SSSR count). The maximum absolute atomic E-state index is 12.8. The smallest absolute Gasteiger partial charge is 0.332 e. The molecule has 0 aliphatic carbocycles. The molecule has 0 bridgehead atoms. The second-order valence-corrected chi connectivity index (χ2v) is 8.25.